The number of benzene rings is 2. The van der Waals surface area contributed by atoms with E-state index in [-0.39, 0.29) is 24.1 Å². The lowest BCUT2D eigenvalue weighted by molar-refractivity contribution is -0.116. The summed E-state index contributed by atoms with van der Waals surface area (Å²) in [5, 5.41) is 15.2. The maximum absolute atomic E-state index is 12.4. The van der Waals surface area contributed by atoms with Crippen molar-refractivity contribution in [2.24, 2.45) is 0 Å². The van der Waals surface area contributed by atoms with Crippen LogP contribution in [0.2, 0.25) is 5.02 Å². The molecule has 11 heteroatoms. The highest BCUT2D eigenvalue weighted by Crippen LogP contribution is 2.28. The summed E-state index contributed by atoms with van der Waals surface area (Å²) < 4.78 is 12.4. The van der Waals surface area contributed by atoms with Gasteiger partial charge in [0.15, 0.2) is 22.5 Å². The Morgan fingerprint density at radius 2 is 1.89 bits per heavy atom. The fraction of sp³-hybridized carbons (Fsp3) is 0.280. The Labute approximate surface area is 219 Å². The number of hydrogen-bond donors (Lipinski definition) is 2. The first-order valence-corrected chi connectivity index (χ1v) is 12.5. The van der Waals surface area contributed by atoms with Crippen LogP contribution in [0.1, 0.15) is 23.9 Å². The molecule has 2 N–H and O–H groups in total. The van der Waals surface area contributed by atoms with Gasteiger partial charge in [-0.05, 0) is 55.3 Å². The van der Waals surface area contributed by atoms with Gasteiger partial charge < -0.3 is 24.7 Å². The number of nitrogens with one attached hydrogen (secondary N) is 2. The molecule has 0 aliphatic heterocycles. The molecular formula is C25H28ClN5O4S. The second-order valence-electron chi connectivity index (χ2n) is 7.61. The van der Waals surface area contributed by atoms with E-state index in [1.807, 2.05) is 30.5 Å². The van der Waals surface area contributed by atoms with E-state index in [2.05, 4.69) is 20.8 Å². The molecule has 0 aliphatic carbocycles. The van der Waals surface area contributed by atoms with Gasteiger partial charge in [-0.15, -0.1) is 10.2 Å². The molecule has 9 nitrogen and oxygen atoms in total. The van der Waals surface area contributed by atoms with Crippen molar-refractivity contribution in [2.75, 3.05) is 25.3 Å². The number of aryl methyl sites for hydroxylation is 1. The van der Waals surface area contributed by atoms with Gasteiger partial charge in [0.1, 0.15) is 0 Å². The second-order valence-corrected chi connectivity index (χ2v) is 8.96. The number of ether oxygens (including phenoxy) is 2. The van der Waals surface area contributed by atoms with Crippen LogP contribution in [0.4, 0.5) is 5.69 Å². The minimum atomic E-state index is -0.277. The first-order chi connectivity index (χ1) is 17.3. The number of hydrogen-bond acceptors (Lipinski definition) is 7. The van der Waals surface area contributed by atoms with E-state index in [4.69, 9.17) is 21.1 Å². The molecule has 0 saturated carbocycles. The monoisotopic (exact) mass is 529 g/mol. The fourth-order valence-electron chi connectivity index (χ4n) is 3.23. The normalized spacial score (nSPS) is 10.9. The van der Waals surface area contributed by atoms with Gasteiger partial charge in [-0.2, -0.15) is 0 Å². The molecule has 3 aromatic rings. The molecule has 0 aliphatic rings. The SMILES string of the molecule is CCn1c(CNC(=O)C=Cc2ccc(OC)c(OC)c2)nnc1SCC(=O)Nc1ccc(C)c(Cl)c1. The van der Waals surface area contributed by atoms with Gasteiger partial charge in [0, 0.05) is 23.3 Å². The van der Waals surface area contributed by atoms with Gasteiger partial charge in [-0.25, -0.2) is 0 Å². The summed E-state index contributed by atoms with van der Waals surface area (Å²) in [6.45, 7) is 4.64. The van der Waals surface area contributed by atoms with E-state index in [9.17, 15) is 9.59 Å². The van der Waals surface area contributed by atoms with Crippen LogP contribution < -0.4 is 20.1 Å². The summed E-state index contributed by atoms with van der Waals surface area (Å²) >= 11 is 7.39. The Morgan fingerprint density at radius 3 is 2.58 bits per heavy atom. The van der Waals surface area contributed by atoms with Gasteiger partial charge >= 0.3 is 0 Å². The molecule has 2 aromatic carbocycles. The number of amides is 2. The van der Waals surface area contributed by atoms with Crippen LogP contribution in [0.3, 0.4) is 0 Å². The molecule has 3 rings (SSSR count). The fourth-order valence-corrected chi connectivity index (χ4v) is 4.23. The average molecular weight is 530 g/mol. The van der Waals surface area contributed by atoms with Crippen LogP contribution in [0.5, 0.6) is 11.5 Å². The summed E-state index contributed by atoms with van der Waals surface area (Å²) in [4.78, 5) is 24.7. The lowest BCUT2D eigenvalue weighted by atomic mass is 10.2. The number of rotatable bonds is 11. The highest BCUT2D eigenvalue weighted by atomic mass is 35.5. The highest BCUT2D eigenvalue weighted by Gasteiger charge is 2.14. The Bertz CT molecular complexity index is 1260. The van der Waals surface area contributed by atoms with Crippen molar-refractivity contribution in [3.8, 4) is 11.5 Å². The zero-order chi connectivity index (χ0) is 26.1. The predicted molar refractivity (Wildman–Crippen MR) is 142 cm³/mol. The van der Waals surface area contributed by atoms with Crippen molar-refractivity contribution < 1.29 is 19.1 Å². The topological polar surface area (TPSA) is 107 Å². The minimum Gasteiger partial charge on any atom is -0.493 e. The van der Waals surface area contributed by atoms with Crippen molar-refractivity contribution in [3.63, 3.8) is 0 Å². The summed E-state index contributed by atoms with van der Waals surface area (Å²) in [6, 6.07) is 10.8. The van der Waals surface area contributed by atoms with E-state index in [1.165, 1.54) is 17.8 Å². The smallest absolute Gasteiger partial charge is 0.244 e. The molecule has 36 heavy (non-hydrogen) atoms. The van der Waals surface area contributed by atoms with Crippen molar-refractivity contribution >= 4 is 46.9 Å². The van der Waals surface area contributed by atoms with Crippen LogP contribution in [-0.2, 0) is 22.7 Å². The molecule has 2 amide bonds. The Hall–Kier alpha value is -3.50. The largest absolute Gasteiger partial charge is 0.493 e. The number of carbonyl (C=O) groups is 2. The van der Waals surface area contributed by atoms with Gasteiger partial charge in [0.25, 0.3) is 0 Å². The maximum atomic E-state index is 12.4. The third kappa shape index (κ3) is 7.25. The highest BCUT2D eigenvalue weighted by molar-refractivity contribution is 7.99. The van der Waals surface area contributed by atoms with E-state index in [0.29, 0.717) is 39.7 Å². The molecular weight excluding hydrogens is 502 g/mol. The zero-order valence-corrected chi connectivity index (χ0v) is 22.1. The number of aromatic nitrogens is 3. The Morgan fingerprint density at radius 1 is 1.11 bits per heavy atom. The van der Waals surface area contributed by atoms with Crippen LogP contribution in [0.25, 0.3) is 6.08 Å². The minimum absolute atomic E-state index is 0.157. The summed E-state index contributed by atoms with van der Waals surface area (Å²) in [5.41, 5.74) is 2.37. The molecule has 1 heterocycles. The van der Waals surface area contributed by atoms with Gasteiger partial charge in [0.2, 0.25) is 11.8 Å². The standard InChI is InChI=1S/C25H28ClN5O4S/c1-5-31-22(14-27-23(32)11-8-17-7-10-20(34-3)21(12-17)35-4)29-30-25(31)36-15-24(33)28-18-9-6-16(2)19(26)13-18/h6-13H,5,14-15H2,1-4H3,(H,27,32)(H,28,33). The van der Waals surface area contributed by atoms with Crippen molar-refractivity contribution in [1.29, 1.82) is 0 Å². The lowest BCUT2D eigenvalue weighted by Gasteiger charge is -2.09. The van der Waals surface area contributed by atoms with Crippen LogP contribution in [0, 0.1) is 6.92 Å². The molecule has 0 spiro atoms. The third-order valence-electron chi connectivity index (χ3n) is 5.15. The number of carbonyl (C=O) groups excluding carboxylic acids is 2. The summed E-state index contributed by atoms with van der Waals surface area (Å²) in [5.74, 6) is 1.49. The van der Waals surface area contributed by atoms with Gasteiger partial charge in [-0.1, -0.05) is 35.5 Å². The van der Waals surface area contributed by atoms with Crippen molar-refractivity contribution in [3.05, 3.63) is 64.4 Å². The van der Waals surface area contributed by atoms with E-state index in [1.54, 1.807) is 44.6 Å². The van der Waals surface area contributed by atoms with E-state index in [0.717, 1.165) is 11.1 Å². The second kappa shape index (κ2) is 13.0. The Kier molecular flexibility index (Phi) is 9.77. The van der Waals surface area contributed by atoms with Gasteiger partial charge in [-0.3, -0.25) is 9.59 Å². The quantitative estimate of drug-likeness (QED) is 0.281. The zero-order valence-electron chi connectivity index (χ0n) is 20.5. The maximum Gasteiger partial charge on any atom is 0.244 e. The summed E-state index contributed by atoms with van der Waals surface area (Å²) in [6.07, 6.45) is 3.12. The average Bonchev–Trinajstić information content (AvgIpc) is 3.28. The van der Waals surface area contributed by atoms with Crippen molar-refractivity contribution in [2.45, 2.75) is 32.1 Å². The molecule has 0 bridgehead atoms. The van der Waals surface area contributed by atoms with Crippen LogP contribution >= 0.6 is 23.4 Å². The molecule has 0 unspecified atom stereocenters. The number of anilines is 1. The van der Waals surface area contributed by atoms with Crippen LogP contribution in [-0.4, -0.2) is 46.6 Å². The van der Waals surface area contributed by atoms with Gasteiger partial charge in [0.05, 0.1) is 26.5 Å². The first kappa shape index (κ1) is 27.1. The molecule has 190 valence electrons. The lowest BCUT2D eigenvalue weighted by Crippen LogP contribution is -2.22. The number of thioether (sulfide) groups is 1. The first-order valence-electron chi connectivity index (χ1n) is 11.1. The number of halogens is 1. The number of nitrogens with zero attached hydrogens (tertiary/aromatic N) is 3. The van der Waals surface area contributed by atoms with E-state index >= 15 is 0 Å². The molecule has 0 saturated heterocycles. The van der Waals surface area contributed by atoms with Crippen molar-refractivity contribution in [1.82, 2.24) is 20.1 Å². The van der Waals surface area contributed by atoms with E-state index < -0.39 is 0 Å². The molecule has 0 fully saturated rings. The Balaban J connectivity index is 1.54. The molecule has 0 atom stereocenters. The molecule has 0 radical (unpaired) electrons. The predicted octanol–water partition coefficient (Wildman–Crippen LogP) is 4.34. The molecule has 1 aromatic heterocycles. The third-order valence-corrected chi connectivity index (χ3v) is 6.53. The summed E-state index contributed by atoms with van der Waals surface area (Å²) in [7, 11) is 3.12. The van der Waals surface area contributed by atoms with Crippen LogP contribution in [0.15, 0.2) is 47.6 Å². The number of methoxy groups -OCH3 is 2.